The van der Waals surface area contributed by atoms with Gasteiger partial charge in [0.25, 0.3) is 5.91 Å². The number of aromatic nitrogens is 8. The van der Waals surface area contributed by atoms with E-state index in [9.17, 15) is 19.2 Å². The predicted molar refractivity (Wildman–Crippen MR) is 326 cm³/mol. The molecule has 9 aromatic rings. The van der Waals surface area contributed by atoms with Gasteiger partial charge in [-0.15, -0.1) is 22.7 Å². The topological polar surface area (TPSA) is 224 Å². The van der Waals surface area contributed by atoms with Gasteiger partial charge in [-0.3, -0.25) is 34.3 Å². The summed E-state index contributed by atoms with van der Waals surface area (Å²) < 4.78 is 13.4. The molecule has 3 amide bonds. The van der Waals surface area contributed by atoms with Gasteiger partial charge in [0.15, 0.2) is 29.1 Å². The highest BCUT2D eigenvalue weighted by Gasteiger charge is 2.27. The van der Waals surface area contributed by atoms with Crippen molar-refractivity contribution in [3.63, 3.8) is 0 Å². The summed E-state index contributed by atoms with van der Waals surface area (Å²) in [5, 5.41) is 19.2. The van der Waals surface area contributed by atoms with Crippen LogP contribution in [0.2, 0.25) is 0 Å². The van der Waals surface area contributed by atoms with Gasteiger partial charge in [0.1, 0.15) is 0 Å². The second kappa shape index (κ2) is 24.9. The summed E-state index contributed by atoms with van der Waals surface area (Å²) in [6.07, 6.45) is 11.5. The molecule has 83 heavy (non-hydrogen) atoms. The second-order valence-electron chi connectivity index (χ2n) is 20.6. The number of amides is 3. The predicted octanol–water partition coefficient (Wildman–Crippen LogP) is 8.77. The number of aromatic amines is 2. The maximum atomic E-state index is 13.2. The monoisotopic (exact) mass is 1150 g/mol. The molecule has 3 aromatic carbocycles. The summed E-state index contributed by atoms with van der Waals surface area (Å²) in [6, 6.07) is 23.4. The third-order valence-corrected chi connectivity index (χ3v) is 17.6. The fourth-order valence-corrected chi connectivity index (χ4v) is 13.2. The molecule has 20 nitrogen and oxygen atoms in total. The van der Waals surface area contributed by atoms with E-state index >= 15 is 0 Å². The lowest BCUT2D eigenvalue weighted by atomic mass is 10.1. The molecule has 3 saturated heterocycles. The summed E-state index contributed by atoms with van der Waals surface area (Å²) in [5.74, 6) is 3.01. The molecular weight excluding hydrogens is 1090 g/mol. The van der Waals surface area contributed by atoms with Crippen LogP contribution in [-0.2, 0) is 30.4 Å². The Morgan fingerprint density at radius 3 is 1.87 bits per heavy atom. The lowest BCUT2D eigenvalue weighted by Gasteiger charge is -2.34. The number of H-pyrrole nitrogens is 2. The minimum Gasteiger partial charge on any atom is -0.378 e. The Kier molecular flexibility index (Phi) is 16.5. The Morgan fingerprint density at radius 1 is 0.687 bits per heavy atom. The zero-order valence-electron chi connectivity index (χ0n) is 46.0. The first-order chi connectivity index (χ1) is 40.7. The highest BCUT2D eigenvalue weighted by Crippen LogP contribution is 2.40. The van der Waals surface area contributed by atoms with E-state index in [4.69, 9.17) is 29.4 Å². The van der Waals surface area contributed by atoms with Crippen molar-refractivity contribution in [2.45, 2.75) is 32.7 Å². The first kappa shape index (κ1) is 55.0. The molecule has 0 aliphatic carbocycles. The molecule has 10 heterocycles. The number of carbonyl (C=O) groups excluding carboxylic acids is 4. The van der Waals surface area contributed by atoms with Crippen LogP contribution in [0.4, 0.5) is 17.3 Å². The van der Waals surface area contributed by atoms with Crippen LogP contribution in [-0.4, -0.2) is 170 Å². The van der Waals surface area contributed by atoms with Gasteiger partial charge >= 0.3 is 0 Å². The molecule has 4 aliphatic heterocycles. The van der Waals surface area contributed by atoms with Gasteiger partial charge in [-0.1, -0.05) is 43.0 Å². The van der Waals surface area contributed by atoms with Crippen molar-refractivity contribution in [2.75, 3.05) is 107 Å². The van der Waals surface area contributed by atoms with Gasteiger partial charge in [-0.25, -0.2) is 19.9 Å². The maximum Gasteiger partial charge on any atom is 0.254 e. The number of fused-ring (bicyclic) bond motifs is 4. The number of hydrogen-bond acceptors (Lipinski definition) is 17. The van der Waals surface area contributed by atoms with E-state index in [1.165, 1.54) is 22.6 Å². The zero-order chi connectivity index (χ0) is 56.8. The SMILES string of the molecule is C/C=C/C(=O)CCC(=O)N1CCN(Cc2cc3nc(-c4cccc5[nH]ncc45)nc(N4CCOCC4)c3s2)CC1.C=CC(=O)Nc1ccc(C(=O)N2CC=C(c3cc4nc(-c5cccc6[nH]ncc56)nc(N5CCOCC5)c4s3)CC2)cc1. The van der Waals surface area contributed by atoms with E-state index in [0.717, 1.165) is 122 Å². The van der Waals surface area contributed by atoms with E-state index in [1.807, 2.05) is 65.5 Å². The molecule has 0 spiro atoms. The smallest absolute Gasteiger partial charge is 0.254 e. The number of nitrogens with one attached hydrogen (secondary N) is 3. The van der Waals surface area contributed by atoms with Crippen molar-refractivity contribution in [1.82, 2.24) is 55.0 Å². The molecule has 22 heteroatoms. The Morgan fingerprint density at radius 2 is 1.29 bits per heavy atom. The molecule has 424 valence electrons. The van der Waals surface area contributed by atoms with E-state index < -0.39 is 0 Å². The van der Waals surface area contributed by atoms with Crippen LogP contribution in [0.5, 0.6) is 0 Å². The largest absolute Gasteiger partial charge is 0.378 e. The van der Waals surface area contributed by atoms with Crippen LogP contribution in [0, 0.1) is 0 Å². The van der Waals surface area contributed by atoms with Crippen molar-refractivity contribution in [3.8, 4) is 22.8 Å². The Labute approximate surface area is 486 Å². The van der Waals surface area contributed by atoms with Crippen LogP contribution >= 0.6 is 22.7 Å². The summed E-state index contributed by atoms with van der Waals surface area (Å²) in [6.45, 7) is 16.0. The molecule has 0 saturated carbocycles. The van der Waals surface area contributed by atoms with Crippen molar-refractivity contribution in [1.29, 1.82) is 0 Å². The molecule has 3 fully saturated rings. The standard InChI is InChI=1S/C32H29N7O3S.C29H33N7O3S/c1-2-28(40)34-22-8-6-21(7-9-22)32(41)39-12-10-20(11-13-39)27-18-26-29(43-27)31(38-14-16-42-17-15-38)36-30(35-26)23-4-3-5-25-24(23)19-33-37-25;1-2-4-20(37)7-8-26(38)35-11-9-34(10-12-35)19-21-17-25-27(40-21)29(36-13-15-39-16-14-36)32-28(31-25)22-5-3-6-24-23(22)18-30-33-24/h2-10,18-19H,1,11-17H2,(H,33,37)(H,34,40);2-6,17-18H,7-16,19H2,1H3,(H,30,33)/b;4-2+. The molecular formula is C61H62N14O6S2. The number of piperazine rings is 1. The number of benzene rings is 3. The lowest BCUT2D eigenvalue weighted by molar-refractivity contribution is -0.134. The summed E-state index contributed by atoms with van der Waals surface area (Å²) >= 11 is 3.46. The van der Waals surface area contributed by atoms with E-state index in [1.54, 1.807) is 53.0 Å². The van der Waals surface area contributed by atoms with Crippen molar-refractivity contribution in [3.05, 3.63) is 131 Å². The van der Waals surface area contributed by atoms with Crippen LogP contribution < -0.4 is 15.1 Å². The quantitative estimate of drug-likeness (QED) is 0.0866. The number of morpholine rings is 2. The molecule has 4 aliphatic rings. The van der Waals surface area contributed by atoms with Gasteiger partial charge in [0.05, 0.1) is 70.3 Å². The minimum absolute atomic E-state index is 0.00315. The number of ketones is 1. The molecule has 3 N–H and O–H groups in total. The first-order valence-electron chi connectivity index (χ1n) is 28.0. The van der Waals surface area contributed by atoms with Crippen LogP contribution in [0.1, 0.15) is 46.3 Å². The number of ether oxygens (including phenoxy) is 2. The van der Waals surface area contributed by atoms with Gasteiger partial charge in [0.2, 0.25) is 11.8 Å². The van der Waals surface area contributed by atoms with Crippen molar-refractivity contribution >= 4 is 111 Å². The fourth-order valence-electron chi connectivity index (χ4n) is 10.8. The molecule has 0 atom stereocenters. The maximum absolute atomic E-state index is 13.2. The van der Waals surface area contributed by atoms with Crippen LogP contribution in [0.15, 0.2) is 116 Å². The number of rotatable bonds is 14. The third-order valence-electron chi connectivity index (χ3n) is 15.3. The third kappa shape index (κ3) is 12.2. The Bertz CT molecular complexity index is 3940. The fraction of sp³-hybridized carbons (Fsp3) is 0.311. The molecule has 13 rings (SSSR count). The molecule has 0 unspecified atom stereocenters. The average molecular weight is 1150 g/mol. The Hall–Kier alpha value is -8.54. The molecule has 0 bridgehead atoms. The number of anilines is 3. The van der Waals surface area contributed by atoms with Gasteiger partial charge in [-0.2, -0.15) is 10.2 Å². The number of carbonyl (C=O) groups is 4. The van der Waals surface area contributed by atoms with E-state index in [2.05, 4.69) is 65.2 Å². The zero-order valence-corrected chi connectivity index (χ0v) is 47.6. The van der Waals surface area contributed by atoms with Crippen molar-refractivity contribution < 1.29 is 28.7 Å². The number of thiophene rings is 2. The second-order valence-corrected chi connectivity index (χ2v) is 22.8. The van der Waals surface area contributed by atoms with Gasteiger partial charge in [-0.05, 0) is 79.6 Å². The summed E-state index contributed by atoms with van der Waals surface area (Å²) in [7, 11) is 0. The van der Waals surface area contributed by atoms with E-state index in [0.29, 0.717) is 75.5 Å². The highest BCUT2D eigenvalue weighted by atomic mass is 32.1. The Balaban J connectivity index is 0.000000164. The average Bonchev–Trinajstić information content (AvgIpc) is 4.17. The molecule has 0 radical (unpaired) electrons. The van der Waals surface area contributed by atoms with Gasteiger partial charge in [0, 0.05) is 128 Å². The number of hydrogen-bond donors (Lipinski definition) is 3. The summed E-state index contributed by atoms with van der Waals surface area (Å²) in [4.78, 5) is 82.4. The number of allylic oxidation sites excluding steroid dienone is 2. The van der Waals surface area contributed by atoms with Gasteiger partial charge < -0.3 is 34.4 Å². The normalized spacial score (nSPS) is 16.2. The van der Waals surface area contributed by atoms with Crippen LogP contribution in [0.25, 0.3) is 70.6 Å². The van der Waals surface area contributed by atoms with E-state index in [-0.39, 0.29) is 36.3 Å². The summed E-state index contributed by atoms with van der Waals surface area (Å²) in [5.41, 5.74) is 8.09. The highest BCUT2D eigenvalue weighted by molar-refractivity contribution is 7.20. The molecule has 6 aromatic heterocycles. The number of nitrogens with zero attached hydrogens (tertiary/aromatic N) is 11. The first-order valence-corrected chi connectivity index (χ1v) is 29.6. The minimum atomic E-state index is -0.288. The lowest BCUT2D eigenvalue weighted by Crippen LogP contribution is -2.48. The van der Waals surface area contributed by atoms with Crippen LogP contribution in [0.3, 0.4) is 0 Å². The van der Waals surface area contributed by atoms with Crippen molar-refractivity contribution in [2.24, 2.45) is 0 Å².